The maximum atomic E-state index is 15.5. The number of nitrogens with one attached hydrogen (secondary N) is 3. The van der Waals surface area contributed by atoms with Crippen molar-refractivity contribution in [2.75, 3.05) is 15.4 Å². The van der Waals surface area contributed by atoms with Crippen molar-refractivity contribution >= 4 is 55.6 Å². The van der Waals surface area contributed by atoms with Gasteiger partial charge in [-0.25, -0.2) is 31.6 Å². The number of amides is 1. The van der Waals surface area contributed by atoms with E-state index in [0.29, 0.717) is 34.4 Å². The highest BCUT2D eigenvalue weighted by Gasteiger charge is 2.25. The van der Waals surface area contributed by atoms with E-state index in [4.69, 9.17) is 17.3 Å². The lowest BCUT2D eigenvalue weighted by molar-refractivity contribution is 0.102. The number of nitrogens with two attached hydrogens (primary N) is 1. The topological polar surface area (TPSA) is 139 Å². The molecule has 0 spiro atoms. The zero-order valence-corrected chi connectivity index (χ0v) is 23.8. The fraction of sp³-hybridized carbons (Fsp3) is 0.250. The molecule has 14 heteroatoms. The van der Waals surface area contributed by atoms with E-state index < -0.39 is 49.7 Å². The van der Waals surface area contributed by atoms with Gasteiger partial charge in [0.2, 0.25) is 0 Å². The number of rotatable bonds is 7. The van der Waals surface area contributed by atoms with Crippen LogP contribution < -0.4 is 21.1 Å². The third-order valence-corrected chi connectivity index (χ3v) is 8.69. The standard InChI is InChI=1S/C28H26ClF3N6O3S/c1-14-10-18-25(34-13-35-27(18)36-17-5-3-16(33)4-6-17)19(11-14)28(39)37-26-20(29)7-9-22(24(26)32)38-42(40,41)23-12-15(30)2-8-21(23)31/h2,7-13,16-17,38H,3-6,33H2,1H3,(H,37,39)(H,34,35,36). The van der Waals surface area contributed by atoms with Crippen molar-refractivity contribution in [3.8, 4) is 0 Å². The van der Waals surface area contributed by atoms with Gasteiger partial charge in [0.15, 0.2) is 5.82 Å². The van der Waals surface area contributed by atoms with Gasteiger partial charge in [0.05, 0.1) is 27.5 Å². The van der Waals surface area contributed by atoms with Crippen molar-refractivity contribution in [2.24, 2.45) is 5.73 Å². The van der Waals surface area contributed by atoms with Crippen molar-refractivity contribution in [3.05, 3.63) is 82.4 Å². The zero-order valence-electron chi connectivity index (χ0n) is 22.2. The van der Waals surface area contributed by atoms with Crippen molar-refractivity contribution in [1.82, 2.24) is 9.97 Å². The van der Waals surface area contributed by atoms with Crippen LogP contribution in [0.2, 0.25) is 5.02 Å². The summed E-state index contributed by atoms with van der Waals surface area (Å²) in [5, 5.41) is 6.17. The minimum absolute atomic E-state index is 0.101. The molecule has 0 aliphatic heterocycles. The Hall–Kier alpha value is -3.94. The number of aryl methyl sites for hydroxylation is 1. The molecule has 1 amide bonds. The lowest BCUT2D eigenvalue weighted by atomic mass is 9.92. The minimum Gasteiger partial charge on any atom is -0.367 e. The molecule has 1 saturated carbocycles. The number of anilines is 3. The lowest BCUT2D eigenvalue weighted by Gasteiger charge is -2.27. The molecule has 5 N–H and O–H groups in total. The first-order valence-corrected chi connectivity index (χ1v) is 14.8. The van der Waals surface area contributed by atoms with Gasteiger partial charge in [-0.05, 0) is 80.6 Å². The summed E-state index contributed by atoms with van der Waals surface area (Å²) in [6, 6.07) is 7.71. The highest BCUT2D eigenvalue weighted by Crippen LogP contribution is 2.34. The van der Waals surface area contributed by atoms with Crippen LogP contribution in [0, 0.1) is 24.4 Å². The summed E-state index contributed by atoms with van der Waals surface area (Å²) >= 11 is 6.17. The van der Waals surface area contributed by atoms with Crippen molar-refractivity contribution in [2.45, 2.75) is 49.6 Å². The molecular weight excluding hydrogens is 593 g/mol. The number of hydrogen-bond acceptors (Lipinski definition) is 7. The van der Waals surface area contributed by atoms with Crippen LogP contribution in [0.5, 0.6) is 0 Å². The van der Waals surface area contributed by atoms with Crippen molar-refractivity contribution < 1.29 is 26.4 Å². The van der Waals surface area contributed by atoms with E-state index in [0.717, 1.165) is 43.9 Å². The number of benzene rings is 3. The second-order valence-electron chi connectivity index (χ2n) is 10.1. The Balaban J connectivity index is 1.45. The second-order valence-corrected chi connectivity index (χ2v) is 12.2. The number of halogens is 4. The quantitative estimate of drug-likeness (QED) is 0.207. The molecule has 1 aliphatic rings. The van der Waals surface area contributed by atoms with Crippen LogP contribution in [-0.2, 0) is 10.0 Å². The third kappa shape index (κ3) is 6.13. The second kappa shape index (κ2) is 11.7. The van der Waals surface area contributed by atoms with Gasteiger partial charge in [-0.1, -0.05) is 11.6 Å². The van der Waals surface area contributed by atoms with Gasteiger partial charge in [0.25, 0.3) is 15.9 Å². The molecule has 1 aromatic heterocycles. The highest BCUT2D eigenvalue weighted by atomic mass is 35.5. The molecule has 42 heavy (non-hydrogen) atoms. The van der Waals surface area contributed by atoms with E-state index in [1.54, 1.807) is 13.0 Å². The SMILES string of the molecule is Cc1cc(C(=O)Nc2c(Cl)ccc(NS(=O)(=O)c3cc(F)ccc3F)c2F)c2ncnc(NC3CCC(N)CC3)c2c1. The fourth-order valence-corrected chi connectivity index (χ4v) is 6.21. The summed E-state index contributed by atoms with van der Waals surface area (Å²) in [6.07, 6.45) is 4.82. The van der Waals surface area contributed by atoms with E-state index in [9.17, 15) is 22.0 Å². The van der Waals surface area contributed by atoms with Gasteiger partial charge >= 0.3 is 0 Å². The fourth-order valence-electron chi connectivity index (χ4n) is 4.87. The number of carbonyl (C=O) groups is 1. The Kier molecular flexibility index (Phi) is 8.26. The lowest BCUT2D eigenvalue weighted by Crippen LogP contribution is -2.33. The third-order valence-electron chi connectivity index (χ3n) is 7.00. The molecule has 1 fully saturated rings. The van der Waals surface area contributed by atoms with Crippen LogP contribution >= 0.6 is 11.6 Å². The van der Waals surface area contributed by atoms with Crippen molar-refractivity contribution in [3.63, 3.8) is 0 Å². The van der Waals surface area contributed by atoms with Crippen LogP contribution in [0.1, 0.15) is 41.6 Å². The Labute approximate surface area is 244 Å². The van der Waals surface area contributed by atoms with Crippen LogP contribution in [0.4, 0.5) is 30.4 Å². The van der Waals surface area contributed by atoms with Gasteiger partial charge in [-0.2, -0.15) is 0 Å². The largest absolute Gasteiger partial charge is 0.367 e. The summed E-state index contributed by atoms with van der Waals surface area (Å²) in [4.78, 5) is 21.1. The van der Waals surface area contributed by atoms with Gasteiger partial charge in [-0.3, -0.25) is 9.52 Å². The summed E-state index contributed by atoms with van der Waals surface area (Å²) in [5.41, 5.74) is 5.96. The predicted octanol–water partition coefficient (Wildman–Crippen LogP) is 5.74. The number of aromatic nitrogens is 2. The summed E-state index contributed by atoms with van der Waals surface area (Å²) in [6.45, 7) is 1.78. The number of hydrogen-bond donors (Lipinski definition) is 4. The van der Waals surface area contributed by atoms with E-state index in [-0.39, 0.29) is 22.7 Å². The zero-order chi connectivity index (χ0) is 30.2. The molecule has 220 valence electrons. The maximum absolute atomic E-state index is 15.5. The molecule has 1 heterocycles. The number of nitrogens with zero attached hydrogens (tertiary/aromatic N) is 2. The molecule has 0 saturated heterocycles. The monoisotopic (exact) mass is 618 g/mol. The van der Waals surface area contributed by atoms with Crippen LogP contribution in [0.3, 0.4) is 0 Å². The normalized spacial score (nSPS) is 17.2. The molecule has 5 rings (SSSR count). The van der Waals surface area contributed by atoms with Gasteiger partial charge < -0.3 is 16.4 Å². The molecule has 0 bridgehead atoms. The minimum atomic E-state index is -4.75. The Morgan fingerprint density at radius 3 is 2.50 bits per heavy atom. The first-order valence-electron chi connectivity index (χ1n) is 13.0. The molecule has 0 atom stereocenters. The molecule has 0 radical (unpaired) electrons. The average Bonchev–Trinajstić information content (AvgIpc) is 2.95. The van der Waals surface area contributed by atoms with Crippen molar-refractivity contribution in [1.29, 1.82) is 0 Å². The molecule has 4 aromatic rings. The molecule has 0 unspecified atom stereocenters. The average molecular weight is 619 g/mol. The van der Waals surface area contributed by atoms with E-state index in [1.165, 1.54) is 6.33 Å². The van der Waals surface area contributed by atoms with Crippen LogP contribution in [0.25, 0.3) is 10.9 Å². The molecule has 9 nitrogen and oxygen atoms in total. The van der Waals surface area contributed by atoms with Crippen LogP contribution in [-0.4, -0.2) is 36.4 Å². The van der Waals surface area contributed by atoms with E-state index in [1.807, 2.05) is 10.8 Å². The molecule has 1 aliphatic carbocycles. The van der Waals surface area contributed by atoms with E-state index >= 15 is 4.39 Å². The molecule has 3 aromatic carbocycles. The first kappa shape index (κ1) is 29.5. The predicted molar refractivity (Wildman–Crippen MR) is 155 cm³/mol. The van der Waals surface area contributed by atoms with Gasteiger partial charge in [-0.15, -0.1) is 0 Å². The maximum Gasteiger partial charge on any atom is 0.265 e. The highest BCUT2D eigenvalue weighted by molar-refractivity contribution is 7.92. The number of carbonyl (C=O) groups excluding carboxylic acids is 1. The van der Waals surface area contributed by atoms with Gasteiger partial charge in [0, 0.05) is 17.5 Å². The number of fused-ring (bicyclic) bond motifs is 1. The summed E-state index contributed by atoms with van der Waals surface area (Å²) < 4.78 is 70.6. The summed E-state index contributed by atoms with van der Waals surface area (Å²) in [5.74, 6) is -3.70. The summed E-state index contributed by atoms with van der Waals surface area (Å²) in [7, 11) is -4.75. The smallest absolute Gasteiger partial charge is 0.265 e. The van der Waals surface area contributed by atoms with Gasteiger partial charge in [0.1, 0.15) is 28.7 Å². The molecular formula is C28H26ClF3N6O3S. The Morgan fingerprint density at radius 2 is 1.76 bits per heavy atom. The Morgan fingerprint density at radius 1 is 1.02 bits per heavy atom. The van der Waals surface area contributed by atoms with E-state index in [2.05, 4.69) is 20.6 Å². The number of sulfonamides is 1. The Bertz CT molecular complexity index is 1800. The first-order chi connectivity index (χ1) is 19.9. The van der Waals surface area contributed by atoms with Crippen LogP contribution in [0.15, 0.2) is 53.7 Å².